The Morgan fingerprint density at radius 3 is 2.65 bits per heavy atom. The molecule has 0 saturated carbocycles. The zero-order valence-electron chi connectivity index (χ0n) is 12.1. The minimum absolute atomic E-state index is 0.181. The van der Waals surface area contributed by atoms with Crippen molar-refractivity contribution in [3.8, 4) is 0 Å². The lowest BCUT2D eigenvalue weighted by molar-refractivity contribution is -0.130. The molecule has 0 aliphatic carbocycles. The van der Waals surface area contributed by atoms with Crippen LogP contribution in [0.3, 0.4) is 0 Å². The van der Waals surface area contributed by atoms with Crippen LogP contribution >= 0.6 is 0 Å². The number of amides is 1. The lowest BCUT2D eigenvalue weighted by Gasteiger charge is -2.25. The van der Waals surface area contributed by atoms with E-state index in [4.69, 9.17) is 0 Å². The van der Waals surface area contributed by atoms with E-state index in [-0.39, 0.29) is 5.91 Å². The molecule has 0 unspecified atom stereocenters. The highest BCUT2D eigenvalue weighted by molar-refractivity contribution is 5.77. The summed E-state index contributed by atoms with van der Waals surface area (Å²) in [5.41, 5.74) is 0. The number of likely N-dealkylation sites (tertiary alicyclic amines) is 1. The lowest BCUT2D eigenvalue weighted by Crippen LogP contribution is -2.42. The Balaban J connectivity index is 1.68. The van der Waals surface area contributed by atoms with Gasteiger partial charge in [0, 0.05) is 51.7 Å². The van der Waals surface area contributed by atoms with Gasteiger partial charge in [-0.15, -0.1) is 0 Å². The fourth-order valence-electron chi connectivity index (χ4n) is 3.27. The average molecular weight is 275 g/mol. The number of rotatable bonds is 3. The third-order valence-electron chi connectivity index (χ3n) is 4.34. The Morgan fingerprint density at radius 1 is 1.25 bits per heavy atom. The number of nitrogens with zero attached hydrogens (tertiary/aromatic N) is 5. The Labute approximate surface area is 119 Å². The maximum absolute atomic E-state index is 11.9. The van der Waals surface area contributed by atoms with Crippen molar-refractivity contribution in [1.29, 1.82) is 0 Å². The molecule has 0 spiro atoms. The summed E-state index contributed by atoms with van der Waals surface area (Å²) >= 11 is 0. The molecule has 1 aromatic rings. The molecule has 0 aromatic carbocycles. The van der Waals surface area contributed by atoms with Gasteiger partial charge in [-0.25, -0.2) is 9.97 Å². The molecule has 2 saturated heterocycles. The molecular weight excluding hydrogens is 254 g/mol. The van der Waals surface area contributed by atoms with E-state index in [1.54, 1.807) is 17.3 Å². The smallest absolute Gasteiger partial charge is 0.236 e. The van der Waals surface area contributed by atoms with Gasteiger partial charge in [0.15, 0.2) is 0 Å². The number of anilines is 1. The van der Waals surface area contributed by atoms with Gasteiger partial charge in [-0.05, 0) is 18.9 Å². The van der Waals surface area contributed by atoms with Gasteiger partial charge in [-0.1, -0.05) is 0 Å². The summed E-state index contributed by atoms with van der Waals surface area (Å²) in [4.78, 5) is 26.9. The van der Waals surface area contributed by atoms with Gasteiger partial charge in [0.05, 0.1) is 6.54 Å². The van der Waals surface area contributed by atoms with Crippen molar-refractivity contribution in [2.45, 2.75) is 24.9 Å². The molecule has 0 radical (unpaired) electrons. The Bertz CT molecular complexity index is 478. The van der Waals surface area contributed by atoms with Crippen molar-refractivity contribution in [1.82, 2.24) is 19.8 Å². The molecule has 108 valence electrons. The number of likely N-dealkylation sites (N-methyl/N-ethyl adjacent to an activating group) is 1. The summed E-state index contributed by atoms with van der Waals surface area (Å²) in [5, 5.41) is 0. The minimum Gasteiger partial charge on any atom is -0.348 e. The SMILES string of the molecule is CN(C)C(=O)CN1CC[C@H]2[C@H]1CCN2c1ncccn1. The van der Waals surface area contributed by atoms with Crippen LogP contribution < -0.4 is 4.90 Å². The van der Waals surface area contributed by atoms with E-state index in [1.807, 2.05) is 20.2 Å². The normalized spacial score (nSPS) is 25.8. The van der Waals surface area contributed by atoms with Gasteiger partial charge in [-0.3, -0.25) is 9.69 Å². The standard InChI is InChI=1S/C14H21N5O/c1-17(2)13(20)10-18-8-4-12-11(18)5-9-19(12)14-15-6-3-7-16-14/h3,6-7,11-12H,4-5,8-10H2,1-2H3/t11-,12+/m1/s1. The van der Waals surface area contributed by atoms with Crippen LogP contribution in [0.2, 0.25) is 0 Å². The summed E-state index contributed by atoms with van der Waals surface area (Å²) in [6, 6.07) is 2.75. The highest BCUT2D eigenvalue weighted by atomic mass is 16.2. The first kappa shape index (κ1) is 13.3. The van der Waals surface area contributed by atoms with Crippen LogP contribution in [0.25, 0.3) is 0 Å². The van der Waals surface area contributed by atoms with E-state index in [0.717, 1.165) is 31.9 Å². The summed E-state index contributed by atoms with van der Waals surface area (Å²) < 4.78 is 0. The van der Waals surface area contributed by atoms with Crippen LogP contribution in [0.4, 0.5) is 5.95 Å². The van der Waals surface area contributed by atoms with E-state index < -0.39 is 0 Å². The maximum Gasteiger partial charge on any atom is 0.236 e. The van der Waals surface area contributed by atoms with E-state index in [1.165, 1.54) is 0 Å². The number of hydrogen-bond acceptors (Lipinski definition) is 5. The Kier molecular flexibility index (Phi) is 3.56. The van der Waals surface area contributed by atoms with Crippen molar-refractivity contribution in [2.24, 2.45) is 0 Å². The third-order valence-corrected chi connectivity index (χ3v) is 4.34. The second-order valence-electron chi connectivity index (χ2n) is 5.71. The molecule has 3 heterocycles. The zero-order chi connectivity index (χ0) is 14.1. The van der Waals surface area contributed by atoms with Crippen LogP contribution in [0.5, 0.6) is 0 Å². The molecule has 0 bridgehead atoms. The highest BCUT2D eigenvalue weighted by Crippen LogP contribution is 2.33. The van der Waals surface area contributed by atoms with Gasteiger partial charge >= 0.3 is 0 Å². The van der Waals surface area contributed by atoms with Crippen molar-refractivity contribution >= 4 is 11.9 Å². The molecule has 20 heavy (non-hydrogen) atoms. The van der Waals surface area contributed by atoms with Gasteiger partial charge in [0.2, 0.25) is 11.9 Å². The number of carbonyl (C=O) groups excluding carboxylic acids is 1. The van der Waals surface area contributed by atoms with Crippen LogP contribution in [0.15, 0.2) is 18.5 Å². The maximum atomic E-state index is 11.9. The summed E-state index contributed by atoms with van der Waals surface area (Å²) in [6.45, 7) is 2.49. The average Bonchev–Trinajstić information content (AvgIpc) is 3.02. The molecule has 1 amide bonds. The van der Waals surface area contributed by atoms with E-state index in [2.05, 4.69) is 19.8 Å². The highest BCUT2D eigenvalue weighted by Gasteiger charge is 2.43. The molecule has 2 aliphatic rings. The Morgan fingerprint density at radius 2 is 1.95 bits per heavy atom. The molecule has 3 rings (SSSR count). The van der Waals surface area contributed by atoms with E-state index in [9.17, 15) is 4.79 Å². The van der Waals surface area contributed by atoms with Crippen LogP contribution in [-0.4, -0.2) is 71.5 Å². The lowest BCUT2D eigenvalue weighted by atomic mass is 10.1. The second-order valence-corrected chi connectivity index (χ2v) is 5.71. The fraction of sp³-hybridized carbons (Fsp3) is 0.643. The molecular formula is C14H21N5O. The van der Waals surface area contributed by atoms with Crippen LogP contribution in [0.1, 0.15) is 12.8 Å². The largest absolute Gasteiger partial charge is 0.348 e. The third kappa shape index (κ3) is 2.35. The number of aromatic nitrogens is 2. The van der Waals surface area contributed by atoms with E-state index >= 15 is 0 Å². The minimum atomic E-state index is 0.181. The predicted molar refractivity (Wildman–Crippen MR) is 76.5 cm³/mol. The number of hydrogen-bond donors (Lipinski definition) is 0. The molecule has 6 heteroatoms. The predicted octanol–water partition coefficient (Wildman–Crippen LogP) is 0.218. The first-order valence-corrected chi connectivity index (χ1v) is 7.14. The summed E-state index contributed by atoms with van der Waals surface area (Å²) in [5.74, 6) is 1.00. The van der Waals surface area contributed by atoms with Crippen molar-refractivity contribution < 1.29 is 4.79 Å². The number of fused-ring (bicyclic) bond motifs is 1. The van der Waals surface area contributed by atoms with Crippen molar-refractivity contribution in [2.75, 3.05) is 38.6 Å². The molecule has 6 nitrogen and oxygen atoms in total. The van der Waals surface area contributed by atoms with Crippen LogP contribution in [0, 0.1) is 0 Å². The van der Waals surface area contributed by atoms with Crippen molar-refractivity contribution in [3.05, 3.63) is 18.5 Å². The van der Waals surface area contributed by atoms with E-state index in [0.29, 0.717) is 18.6 Å². The monoisotopic (exact) mass is 275 g/mol. The molecule has 2 atom stereocenters. The van der Waals surface area contributed by atoms with Gasteiger partial charge < -0.3 is 9.80 Å². The van der Waals surface area contributed by atoms with Crippen LogP contribution in [-0.2, 0) is 4.79 Å². The van der Waals surface area contributed by atoms with Gasteiger partial charge in [0.25, 0.3) is 0 Å². The summed E-state index contributed by atoms with van der Waals surface area (Å²) in [6.07, 6.45) is 5.75. The Hall–Kier alpha value is -1.69. The van der Waals surface area contributed by atoms with Gasteiger partial charge in [0.1, 0.15) is 0 Å². The number of carbonyl (C=O) groups is 1. The molecule has 0 N–H and O–H groups in total. The molecule has 1 aromatic heterocycles. The molecule has 2 aliphatic heterocycles. The topological polar surface area (TPSA) is 52.6 Å². The first-order chi connectivity index (χ1) is 9.66. The summed E-state index contributed by atoms with van der Waals surface area (Å²) in [7, 11) is 3.63. The first-order valence-electron chi connectivity index (χ1n) is 7.14. The molecule has 2 fully saturated rings. The second kappa shape index (κ2) is 5.36. The van der Waals surface area contributed by atoms with Gasteiger partial charge in [-0.2, -0.15) is 0 Å². The van der Waals surface area contributed by atoms with Crippen molar-refractivity contribution in [3.63, 3.8) is 0 Å². The zero-order valence-corrected chi connectivity index (χ0v) is 12.1. The fourth-order valence-corrected chi connectivity index (χ4v) is 3.27. The quantitative estimate of drug-likeness (QED) is 0.790.